The lowest BCUT2D eigenvalue weighted by Crippen LogP contribution is -2.05. The summed E-state index contributed by atoms with van der Waals surface area (Å²) in [5.74, 6) is -0.383. The lowest BCUT2D eigenvalue weighted by molar-refractivity contribution is 0.0599. The van der Waals surface area contributed by atoms with Crippen LogP contribution in [0.15, 0.2) is 30.5 Å². The fourth-order valence-corrected chi connectivity index (χ4v) is 1.40. The highest BCUT2D eigenvalue weighted by Gasteiger charge is 2.08. The van der Waals surface area contributed by atoms with Crippen LogP contribution in [-0.2, 0) is 14.2 Å². The molecule has 0 saturated carbocycles. The Kier molecular flexibility index (Phi) is 7.31. The summed E-state index contributed by atoms with van der Waals surface area (Å²) in [6.45, 7) is 1.10. The van der Waals surface area contributed by atoms with Gasteiger partial charge in [0.05, 0.1) is 38.8 Å². The van der Waals surface area contributed by atoms with Gasteiger partial charge in [0.25, 0.3) is 0 Å². The molecule has 19 heavy (non-hydrogen) atoms. The Morgan fingerprint density at radius 3 is 2.79 bits per heavy atom. The van der Waals surface area contributed by atoms with Crippen molar-refractivity contribution < 1.29 is 24.1 Å². The zero-order valence-corrected chi connectivity index (χ0v) is 10.9. The molecule has 1 rings (SSSR count). The number of rotatable bonds is 8. The van der Waals surface area contributed by atoms with Gasteiger partial charge < -0.3 is 19.3 Å². The second kappa shape index (κ2) is 9.13. The zero-order valence-electron chi connectivity index (χ0n) is 10.9. The number of carbonyl (C=O) groups excluding carboxylic acids is 1. The van der Waals surface area contributed by atoms with Gasteiger partial charge in [0.1, 0.15) is 6.61 Å². The van der Waals surface area contributed by atoms with Crippen LogP contribution < -0.4 is 0 Å². The first-order chi connectivity index (χ1) is 9.29. The van der Waals surface area contributed by atoms with Gasteiger partial charge in [-0.1, -0.05) is 18.2 Å². The first-order valence-electron chi connectivity index (χ1n) is 5.93. The minimum Gasteiger partial charge on any atom is -0.499 e. The standard InChI is InChI=1S/C14H18O5/c1-17-14(16)13-5-3-2-4-12(13)6-8-18-10-11-19-9-7-15/h2-6,8,15H,7,9-11H2,1H3. The second-order valence-electron chi connectivity index (χ2n) is 3.59. The number of esters is 1. The van der Waals surface area contributed by atoms with Gasteiger partial charge in [-0.05, 0) is 17.7 Å². The average molecular weight is 266 g/mol. The van der Waals surface area contributed by atoms with Crippen LogP contribution in [0, 0.1) is 0 Å². The third kappa shape index (κ3) is 5.54. The molecular weight excluding hydrogens is 248 g/mol. The van der Waals surface area contributed by atoms with Crippen LogP contribution in [0.5, 0.6) is 0 Å². The SMILES string of the molecule is COC(=O)c1ccccc1C=COCCOCCO. The molecule has 1 N–H and O–H groups in total. The molecule has 0 spiro atoms. The zero-order chi connectivity index (χ0) is 13.9. The first-order valence-corrected chi connectivity index (χ1v) is 5.93. The summed E-state index contributed by atoms with van der Waals surface area (Å²) < 4.78 is 14.9. The number of aliphatic hydroxyl groups is 1. The third-order valence-corrected chi connectivity index (χ3v) is 2.29. The van der Waals surface area contributed by atoms with Crippen molar-refractivity contribution in [1.29, 1.82) is 0 Å². The van der Waals surface area contributed by atoms with Crippen molar-refractivity contribution in [2.75, 3.05) is 33.5 Å². The summed E-state index contributed by atoms with van der Waals surface area (Å²) in [7, 11) is 1.35. The largest absolute Gasteiger partial charge is 0.499 e. The van der Waals surface area contributed by atoms with Gasteiger partial charge in [0.15, 0.2) is 0 Å². The fourth-order valence-electron chi connectivity index (χ4n) is 1.40. The van der Waals surface area contributed by atoms with Crippen LogP contribution in [0.2, 0.25) is 0 Å². The lowest BCUT2D eigenvalue weighted by atomic mass is 10.1. The van der Waals surface area contributed by atoms with E-state index in [-0.39, 0.29) is 12.6 Å². The van der Waals surface area contributed by atoms with Crippen molar-refractivity contribution in [3.63, 3.8) is 0 Å². The molecule has 1 aromatic rings. The number of hydrogen-bond acceptors (Lipinski definition) is 5. The van der Waals surface area contributed by atoms with E-state index in [1.165, 1.54) is 13.4 Å². The predicted molar refractivity (Wildman–Crippen MR) is 70.7 cm³/mol. The van der Waals surface area contributed by atoms with Gasteiger partial charge >= 0.3 is 5.97 Å². The van der Waals surface area contributed by atoms with Crippen LogP contribution in [0.25, 0.3) is 6.08 Å². The molecule has 0 unspecified atom stereocenters. The molecule has 0 radical (unpaired) electrons. The van der Waals surface area contributed by atoms with Gasteiger partial charge in [0.2, 0.25) is 0 Å². The quantitative estimate of drug-likeness (QED) is 0.438. The summed E-state index contributed by atoms with van der Waals surface area (Å²) in [4.78, 5) is 11.5. The lowest BCUT2D eigenvalue weighted by Gasteiger charge is -2.04. The molecule has 0 bridgehead atoms. The van der Waals surface area contributed by atoms with Gasteiger partial charge in [-0.15, -0.1) is 0 Å². The maximum absolute atomic E-state index is 11.5. The van der Waals surface area contributed by atoms with E-state index in [0.29, 0.717) is 25.4 Å². The normalized spacial score (nSPS) is 10.6. The van der Waals surface area contributed by atoms with E-state index in [9.17, 15) is 4.79 Å². The van der Waals surface area contributed by atoms with Crippen LogP contribution in [0.1, 0.15) is 15.9 Å². The molecule has 5 heteroatoms. The monoisotopic (exact) mass is 266 g/mol. The van der Waals surface area contributed by atoms with Crippen LogP contribution in [-0.4, -0.2) is 44.6 Å². The molecule has 0 aliphatic rings. The highest BCUT2D eigenvalue weighted by atomic mass is 16.5. The van der Waals surface area contributed by atoms with Crippen LogP contribution in [0.4, 0.5) is 0 Å². The van der Waals surface area contributed by atoms with Crippen molar-refractivity contribution in [3.8, 4) is 0 Å². The number of methoxy groups -OCH3 is 1. The van der Waals surface area contributed by atoms with Crippen molar-refractivity contribution in [1.82, 2.24) is 0 Å². The summed E-state index contributed by atoms with van der Waals surface area (Å²) in [6, 6.07) is 7.09. The smallest absolute Gasteiger partial charge is 0.338 e. The predicted octanol–water partition coefficient (Wildman–Crippen LogP) is 1.47. The maximum atomic E-state index is 11.5. The number of benzene rings is 1. The van der Waals surface area contributed by atoms with Gasteiger partial charge in [-0.2, -0.15) is 0 Å². The number of ether oxygens (including phenoxy) is 3. The minimum absolute atomic E-state index is 0.00233. The topological polar surface area (TPSA) is 65.0 Å². The maximum Gasteiger partial charge on any atom is 0.338 e. The van der Waals surface area contributed by atoms with E-state index in [4.69, 9.17) is 19.3 Å². The molecular formula is C14H18O5. The highest BCUT2D eigenvalue weighted by molar-refractivity contribution is 5.93. The van der Waals surface area contributed by atoms with Crippen molar-refractivity contribution >= 4 is 12.0 Å². The van der Waals surface area contributed by atoms with E-state index in [0.717, 1.165) is 5.56 Å². The fraction of sp³-hybridized carbons (Fsp3) is 0.357. The molecule has 0 heterocycles. The van der Waals surface area contributed by atoms with Crippen molar-refractivity contribution in [2.45, 2.75) is 0 Å². The molecule has 0 atom stereocenters. The van der Waals surface area contributed by atoms with E-state index >= 15 is 0 Å². The molecule has 0 aliphatic carbocycles. The van der Waals surface area contributed by atoms with E-state index in [1.54, 1.807) is 24.3 Å². The van der Waals surface area contributed by atoms with Crippen molar-refractivity contribution in [2.24, 2.45) is 0 Å². The molecule has 0 amide bonds. The first kappa shape index (κ1) is 15.2. The summed E-state index contributed by atoms with van der Waals surface area (Å²) >= 11 is 0. The number of hydrogen-bond donors (Lipinski definition) is 1. The van der Waals surface area contributed by atoms with Gasteiger partial charge in [0, 0.05) is 0 Å². The number of aliphatic hydroxyl groups excluding tert-OH is 1. The van der Waals surface area contributed by atoms with Crippen LogP contribution >= 0.6 is 0 Å². The minimum atomic E-state index is -0.383. The van der Waals surface area contributed by atoms with E-state index < -0.39 is 0 Å². The molecule has 0 aliphatic heterocycles. The van der Waals surface area contributed by atoms with Crippen molar-refractivity contribution in [3.05, 3.63) is 41.7 Å². The Morgan fingerprint density at radius 2 is 2.05 bits per heavy atom. The Balaban J connectivity index is 2.45. The van der Waals surface area contributed by atoms with E-state index in [1.807, 2.05) is 6.07 Å². The highest BCUT2D eigenvalue weighted by Crippen LogP contribution is 2.11. The average Bonchev–Trinajstić information content (AvgIpc) is 2.46. The Labute approximate surface area is 112 Å². The summed E-state index contributed by atoms with van der Waals surface area (Å²) in [6.07, 6.45) is 3.20. The molecule has 0 fully saturated rings. The number of carbonyl (C=O) groups is 1. The summed E-state index contributed by atoms with van der Waals surface area (Å²) in [5, 5.41) is 8.50. The van der Waals surface area contributed by atoms with E-state index in [2.05, 4.69) is 0 Å². The second-order valence-corrected chi connectivity index (χ2v) is 3.59. The molecule has 0 aromatic heterocycles. The third-order valence-electron chi connectivity index (χ3n) is 2.29. The van der Waals surface area contributed by atoms with Crippen LogP contribution in [0.3, 0.4) is 0 Å². The Hall–Kier alpha value is -1.85. The van der Waals surface area contributed by atoms with Gasteiger partial charge in [-0.3, -0.25) is 0 Å². The van der Waals surface area contributed by atoms with Gasteiger partial charge in [-0.25, -0.2) is 4.79 Å². The molecule has 104 valence electrons. The Morgan fingerprint density at radius 1 is 1.26 bits per heavy atom. The summed E-state index contributed by atoms with van der Waals surface area (Å²) in [5.41, 5.74) is 1.21. The molecule has 1 aromatic carbocycles. The molecule has 0 saturated heterocycles. The molecule has 5 nitrogen and oxygen atoms in total. The Bertz CT molecular complexity index is 414.